The van der Waals surface area contributed by atoms with Gasteiger partial charge in [-0.05, 0) is 40.7 Å². The lowest BCUT2D eigenvalue weighted by atomic mass is 10.1. The second-order valence-corrected chi connectivity index (χ2v) is 9.00. The molecular weight excluding hydrogens is 380 g/mol. The van der Waals surface area contributed by atoms with Gasteiger partial charge in [0.15, 0.2) is 11.0 Å². The SMILES string of the molecule is Cc1cccc(-c2nnc(SC(C)C(=O)Nc3nnc(C)s3)n2C(C)C)c1. The molecule has 7 nitrogen and oxygen atoms in total. The molecule has 2 heterocycles. The summed E-state index contributed by atoms with van der Waals surface area (Å²) in [5, 5.41) is 21.1. The first-order valence-corrected chi connectivity index (χ1v) is 10.3. The van der Waals surface area contributed by atoms with E-state index >= 15 is 0 Å². The van der Waals surface area contributed by atoms with E-state index in [9.17, 15) is 4.79 Å². The summed E-state index contributed by atoms with van der Waals surface area (Å²) in [7, 11) is 0. The molecule has 0 bridgehead atoms. The minimum Gasteiger partial charge on any atom is -0.300 e. The summed E-state index contributed by atoms with van der Waals surface area (Å²) < 4.78 is 2.07. The quantitative estimate of drug-likeness (QED) is 0.625. The molecule has 1 unspecified atom stereocenters. The normalized spacial score (nSPS) is 12.4. The van der Waals surface area contributed by atoms with Crippen molar-refractivity contribution in [3.05, 3.63) is 34.8 Å². The van der Waals surface area contributed by atoms with Gasteiger partial charge in [0.25, 0.3) is 0 Å². The lowest BCUT2D eigenvalue weighted by Crippen LogP contribution is -2.23. The molecule has 2 aromatic heterocycles. The van der Waals surface area contributed by atoms with Crippen LogP contribution in [0, 0.1) is 13.8 Å². The Labute approximate surface area is 166 Å². The van der Waals surface area contributed by atoms with Crippen molar-refractivity contribution in [2.45, 2.75) is 51.1 Å². The minimum atomic E-state index is -0.346. The number of carbonyl (C=O) groups is 1. The number of nitrogens with one attached hydrogen (secondary N) is 1. The van der Waals surface area contributed by atoms with E-state index < -0.39 is 0 Å². The van der Waals surface area contributed by atoms with Crippen molar-refractivity contribution >= 4 is 34.1 Å². The molecule has 0 saturated carbocycles. The number of benzene rings is 1. The maximum atomic E-state index is 12.5. The van der Waals surface area contributed by atoms with Crippen LogP contribution in [0.4, 0.5) is 5.13 Å². The predicted octanol–water partition coefficient (Wildman–Crippen LogP) is 4.11. The number of carbonyl (C=O) groups excluding carboxylic acids is 1. The van der Waals surface area contributed by atoms with Gasteiger partial charge in [-0.1, -0.05) is 46.9 Å². The number of nitrogens with zero attached hydrogens (tertiary/aromatic N) is 5. The Morgan fingerprint density at radius 3 is 2.56 bits per heavy atom. The van der Waals surface area contributed by atoms with Gasteiger partial charge in [-0.2, -0.15) is 0 Å². The van der Waals surface area contributed by atoms with Crippen molar-refractivity contribution in [3.8, 4) is 11.4 Å². The Balaban J connectivity index is 1.81. The van der Waals surface area contributed by atoms with Crippen LogP contribution in [0.1, 0.15) is 37.4 Å². The number of hydrogen-bond donors (Lipinski definition) is 1. The van der Waals surface area contributed by atoms with Crippen LogP contribution >= 0.6 is 23.1 Å². The highest BCUT2D eigenvalue weighted by Crippen LogP contribution is 2.30. The van der Waals surface area contributed by atoms with Crippen molar-refractivity contribution < 1.29 is 4.79 Å². The van der Waals surface area contributed by atoms with Crippen LogP contribution in [0.25, 0.3) is 11.4 Å². The van der Waals surface area contributed by atoms with Gasteiger partial charge in [-0.3, -0.25) is 14.7 Å². The average Bonchev–Trinajstić information content (AvgIpc) is 3.21. The number of aryl methyl sites for hydroxylation is 2. The van der Waals surface area contributed by atoms with Crippen LogP contribution in [-0.4, -0.2) is 36.1 Å². The van der Waals surface area contributed by atoms with Crippen molar-refractivity contribution in [1.82, 2.24) is 25.0 Å². The van der Waals surface area contributed by atoms with Gasteiger partial charge in [0.1, 0.15) is 5.01 Å². The van der Waals surface area contributed by atoms with E-state index in [0.717, 1.165) is 21.6 Å². The van der Waals surface area contributed by atoms with Crippen LogP contribution in [-0.2, 0) is 4.79 Å². The van der Waals surface area contributed by atoms with E-state index in [-0.39, 0.29) is 17.2 Å². The largest absolute Gasteiger partial charge is 0.300 e. The Morgan fingerprint density at radius 2 is 1.93 bits per heavy atom. The van der Waals surface area contributed by atoms with E-state index in [1.807, 2.05) is 26.0 Å². The fourth-order valence-corrected chi connectivity index (χ4v) is 4.15. The first-order chi connectivity index (χ1) is 12.8. The molecular formula is C18H22N6OS2. The number of anilines is 1. The molecule has 27 heavy (non-hydrogen) atoms. The maximum Gasteiger partial charge on any atom is 0.239 e. The van der Waals surface area contributed by atoms with Crippen molar-refractivity contribution in [2.24, 2.45) is 0 Å². The van der Waals surface area contributed by atoms with Crippen LogP contribution in [0.5, 0.6) is 0 Å². The molecule has 0 spiro atoms. The maximum absolute atomic E-state index is 12.5. The number of aromatic nitrogens is 5. The number of thioether (sulfide) groups is 1. The van der Waals surface area contributed by atoms with E-state index in [0.29, 0.717) is 5.13 Å². The second-order valence-electron chi connectivity index (χ2n) is 6.51. The topological polar surface area (TPSA) is 85.6 Å². The number of amides is 1. The van der Waals surface area contributed by atoms with Gasteiger partial charge in [-0.25, -0.2) is 0 Å². The van der Waals surface area contributed by atoms with Crippen LogP contribution in [0.3, 0.4) is 0 Å². The van der Waals surface area contributed by atoms with E-state index in [1.54, 1.807) is 0 Å². The third-order valence-electron chi connectivity index (χ3n) is 3.86. The van der Waals surface area contributed by atoms with Crippen LogP contribution < -0.4 is 5.32 Å². The molecule has 0 aliphatic heterocycles. The highest BCUT2D eigenvalue weighted by Gasteiger charge is 2.23. The standard InChI is InChI=1S/C18H22N6OS2/c1-10(2)24-15(14-8-6-7-11(3)9-14)21-23-18(24)26-12(4)16(25)19-17-22-20-13(5)27-17/h6-10,12H,1-5H3,(H,19,22,25). The van der Waals surface area contributed by atoms with Gasteiger partial charge >= 0.3 is 0 Å². The predicted molar refractivity (Wildman–Crippen MR) is 109 cm³/mol. The third kappa shape index (κ3) is 4.54. The molecule has 1 amide bonds. The number of rotatable bonds is 6. The zero-order valence-electron chi connectivity index (χ0n) is 15.9. The minimum absolute atomic E-state index is 0.133. The second kappa shape index (κ2) is 8.18. The van der Waals surface area contributed by atoms with Gasteiger partial charge in [-0.15, -0.1) is 20.4 Å². The molecule has 3 aromatic rings. The first kappa shape index (κ1) is 19.5. The van der Waals surface area contributed by atoms with Gasteiger partial charge in [0.2, 0.25) is 11.0 Å². The number of hydrogen-bond acceptors (Lipinski definition) is 7. The highest BCUT2D eigenvalue weighted by atomic mass is 32.2. The molecule has 0 aliphatic rings. The van der Waals surface area contributed by atoms with Gasteiger partial charge in [0.05, 0.1) is 5.25 Å². The molecule has 0 radical (unpaired) electrons. The van der Waals surface area contributed by atoms with Crippen molar-refractivity contribution in [1.29, 1.82) is 0 Å². The van der Waals surface area contributed by atoms with Crippen molar-refractivity contribution in [3.63, 3.8) is 0 Å². The van der Waals surface area contributed by atoms with Gasteiger partial charge in [0, 0.05) is 11.6 Å². The summed E-state index contributed by atoms with van der Waals surface area (Å²) in [4.78, 5) is 12.5. The van der Waals surface area contributed by atoms with E-state index in [2.05, 4.69) is 63.2 Å². The summed E-state index contributed by atoms with van der Waals surface area (Å²) in [5.74, 6) is 0.676. The summed E-state index contributed by atoms with van der Waals surface area (Å²) >= 11 is 2.74. The lowest BCUT2D eigenvalue weighted by molar-refractivity contribution is -0.115. The lowest BCUT2D eigenvalue weighted by Gasteiger charge is -2.16. The Kier molecular flexibility index (Phi) is 5.91. The average molecular weight is 403 g/mol. The Morgan fingerprint density at radius 1 is 1.15 bits per heavy atom. The molecule has 1 aromatic carbocycles. The summed E-state index contributed by atoms with van der Waals surface area (Å²) in [6.07, 6.45) is 0. The molecule has 1 N–H and O–H groups in total. The van der Waals surface area contributed by atoms with E-state index in [4.69, 9.17) is 0 Å². The van der Waals surface area contributed by atoms with Crippen LogP contribution in [0.2, 0.25) is 0 Å². The van der Waals surface area contributed by atoms with Gasteiger partial charge < -0.3 is 0 Å². The summed E-state index contributed by atoms with van der Waals surface area (Å²) in [6.45, 7) is 9.92. The fourth-order valence-electron chi connectivity index (χ4n) is 2.57. The Bertz CT molecular complexity index is 949. The zero-order valence-corrected chi connectivity index (χ0v) is 17.6. The summed E-state index contributed by atoms with van der Waals surface area (Å²) in [6, 6.07) is 8.34. The van der Waals surface area contributed by atoms with Crippen LogP contribution in [0.15, 0.2) is 29.4 Å². The molecule has 0 saturated heterocycles. The zero-order chi connectivity index (χ0) is 19.6. The monoisotopic (exact) mass is 402 g/mol. The molecule has 3 rings (SSSR count). The smallest absolute Gasteiger partial charge is 0.239 e. The molecule has 9 heteroatoms. The molecule has 0 fully saturated rings. The molecule has 1 atom stereocenters. The third-order valence-corrected chi connectivity index (χ3v) is 5.68. The fraction of sp³-hybridized carbons (Fsp3) is 0.389. The summed E-state index contributed by atoms with van der Waals surface area (Å²) in [5.41, 5.74) is 2.18. The molecule has 142 valence electrons. The highest BCUT2D eigenvalue weighted by molar-refractivity contribution is 8.00. The molecule has 0 aliphatic carbocycles. The Hall–Kier alpha value is -2.26. The van der Waals surface area contributed by atoms with Crippen molar-refractivity contribution in [2.75, 3.05) is 5.32 Å². The first-order valence-electron chi connectivity index (χ1n) is 8.64. The van der Waals surface area contributed by atoms with E-state index in [1.165, 1.54) is 28.7 Å².